The lowest BCUT2D eigenvalue weighted by Gasteiger charge is -2.37. The molecule has 0 amide bonds. The van der Waals surface area contributed by atoms with Gasteiger partial charge in [0.1, 0.15) is 0 Å². The molecule has 0 aliphatic carbocycles. The van der Waals surface area contributed by atoms with Gasteiger partial charge in [0.2, 0.25) is 5.89 Å². The third-order valence-corrected chi connectivity index (χ3v) is 4.13. The van der Waals surface area contributed by atoms with Gasteiger partial charge in [0.15, 0.2) is 11.8 Å². The van der Waals surface area contributed by atoms with E-state index in [1.165, 1.54) is 11.3 Å². The molecule has 0 unspecified atom stereocenters. The number of nitrogens with one attached hydrogen (secondary N) is 1. The average Bonchev–Trinajstić information content (AvgIpc) is 3.01. The summed E-state index contributed by atoms with van der Waals surface area (Å²) in [6.07, 6.45) is 0. The summed E-state index contributed by atoms with van der Waals surface area (Å²) >= 11 is 0. The van der Waals surface area contributed by atoms with Gasteiger partial charge >= 0.3 is 0 Å². The van der Waals surface area contributed by atoms with Crippen LogP contribution in [-0.4, -0.2) is 54.2 Å². The number of piperazine rings is 1. The lowest BCUT2D eigenvalue weighted by Crippen LogP contribution is -2.52. The van der Waals surface area contributed by atoms with Crippen molar-refractivity contribution in [2.45, 2.75) is 20.4 Å². The molecule has 1 aliphatic heterocycles. The van der Waals surface area contributed by atoms with Crippen molar-refractivity contribution < 1.29 is 4.52 Å². The number of rotatable bonds is 3. The monoisotopic (exact) mass is 456 g/mol. The van der Waals surface area contributed by atoms with Crippen molar-refractivity contribution in [3.8, 4) is 0 Å². The lowest BCUT2D eigenvalue weighted by molar-refractivity contribution is 0.369. The van der Waals surface area contributed by atoms with Crippen molar-refractivity contribution >= 4 is 35.6 Å². The predicted molar refractivity (Wildman–Crippen MR) is 110 cm³/mol. The molecule has 8 heteroatoms. The number of hydrogen-bond donors (Lipinski definition) is 1. The first-order valence-corrected chi connectivity index (χ1v) is 8.22. The van der Waals surface area contributed by atoms with Gasteiger partial charge in [-0.25, -0.2) is 0 Å². The van der Waals surface area contributed by atoms with E-state index in [9.17, 15) is 0 Å². The van der Waals surface area contributed by atoms with Crippen LogP contribution in [0.15, 0.2) is 33.8 Å². The molecule has 7 nitrogen and oxygen atoms in total. The van der Waals surface area contributed by atoms with Gasteiger partial charge in [-0.05, 0) is 24.6 Å². The Balaban J connectivity index is 0.00000225. The second-order valence-corrected chi connectivity index (χ2v) is 5.94. The Hall–Kier alpha value is -1.84. The zero-order chi connectivity index (χ0) is 16.9. The summed E-state index contributed by atoms with van der Waals surface area (Å²) in [4.78, 5) is 13.3. The molecule has 0 spiro atoms. The van der Waals surface area contributed by atoms with Crippen LogP contribution in [0.4, 0.5) is 5.69 Å². The summed E-state index contributed by atoms with van der Waals surface area (Å²) < 4.78 is 4.99. The Kier molecular flexibility index (Phi) is 7.03. The first-order chi connectivity index (χ1) is 11.7. The van der Waals surface area contributed by atoms with Crippen molar-refractivity contribution in [3.63, 3.8) is 0 Å². The van der Waals surface area contributed by atoms with E-state index in [2.05, 4.69) is 61.4 Å². The zero-order valence-corrected chi connectivity index (χ0v) is 17.2. The fourth-order valence-electron chi connectivity index (χ4n) is 2.90. The molecule has 1 saturated heterocycles. The third kappa shape index (κ3) is 5.07. The normalized spacial score (nSPS) is 15.1. The highest BCUT2D eigenvalue weighted by atomic mass is 127. The number of aliphatic imine (C=N–C) groups is 1. The molecule has 1 N–H and O–H groups in total. The van der Waals surface area contributed by atoms with Crippen LogP contribution < -0.4 is 10.2 Å². The maximum absolute atomic E-state index is 4.99. The van der Waals surface area contributed by atoms with Crippen LogP contribution in [0.2, 0.25) is 0 Å². The molecule has 2 aromatic rings. The molecule has 3 rings (SSSR count). The van der Waals surface area contributed by atoms with E-state index in [0.29, 0.717) is 18.3 Å². The molecule has 25 heavy (non-hydrogen) atoms. The summed E-state index contributed by atoms with van der Waals surface area (Å²) in [7, 11) is 1.80. The van der Waals surface area contributed by atoms with Gasteiger partial charge < -0.3 is 19.6 Å². The summed E-state index contributed by atoms with van der Waals surface area (Å²) in [5.41, 5.74) is 2.59. The van der Waals surface area contributed by atoms with Gasteiger partial charge in [0.25, 0.3) is 0 Å². The Morgan fingerprint density at radius 3 is 2.60 bits per heavy atom. The van der Waals surface area contributed by atoms with Crippen molar-refractivity contribution in [2.75, 3.05) is 38.1 Å². The van der Waals surface area contributed by atoms with E-state index >= 15 is 0 Å². The first kappa shape index (κ1) is 19.5. The number of benzene rings is 1. The molecular formula is C17H25IN6O. The summed E-state index contributed by atoms with van der Waals surface area (Å²) in [6, 6.07) is 8.66. The molecule has 0 saturated carbocycles. The van der Waals surface area contributed by atoms with Gasteiger partial charge in [-0.3, -0.25) is 4.99 Å². The molecule has 1 aromatic heterocycles. The van der Waals surface area contributed by atoms with Gasteiger partial charge in [-0.2, -0.15) is 4.98 Å². The Labute approximate surface area is 165 Å². The largest absolute Gasteiger partial charge is 0.368 e. The van der Waals surface area contributed by atoms with E-state index in [1.807, 2.05) is 0 Å². The smallest absolute Gasteiger partial charge is 0.223 e. The van der Waals surface area contributed by atoms with Gasteiger partial charge in [0.05, 0.1) is 6.54 Å². The Morgan fingerprint density at radius 2 is 2.00 bits per heavy atom. The van der Waals surface area contributed by atoms with E-state index < -0.39 is 0 Å². The maximum Gasteiger partial charge on any atom is 0.223 e. The zero-order valence-electron chi connectivity index (χ0n) is 14.9. The molecule has 0 bridgehead atoms. The maximum atomic E-state index is 4.99. The molecule has 1 aromatic carbocycles. The molecule has 0 atom stereocenters. The fourth-order valence-corrected chi connectivity index (χ4v) is 2.90. The number of guanidine groups is 1. The van der Waals surface area contributed by atoms with Gasteiger partial charge in [-0.15, -0.1) is 24.0 Å². The van der Waals surface area contributed by atoms with Gasteiger partial charge in [0, 0.05) is 45.8 Å². The highest BCUT2D eigenvalue weighted by Crippen LogP contribution is 2.17. The molecular weight excluding hydrogens is 431 g/mol. The standard InChI is InChI=1S/C17H24N6O.HI/c1-13-5-4-6-15(11-13)22-7-9-23(10-8-22)17(18-3)19-12-16-20-14(2)24-21-16;/h4-6,11H,7-10,12H2,1-3H3,(H,18,19);1H. The number of nitrogens with zero attached hydrogens (tertiary/aromatic N) is 5. The minimum atomic E-state index is 0. The second-order valence-electron chi connectivity index (χ2n) is 5.94. The fraction of sp³-hybridized carbons (Fsp3) is 0.471. The van der Waals surface area contributed by atoms with E-state index in [0.717, 1.165) is 32.1 Å². The minimum absolute atomic E-state index is 0. The van der Waals surface area contributed by atoms with Crippen LogP contribution in [0.25, 0.3) is 0 Å². The second kappa shape index (κ2) is 9.02. The number of aromatic nitrogens is 2. The highest BCUT2D eigenvalue weighted by Gasteiger charge is 2.20. The Bertz CT molecular complexity index is 709. The quantitative estimate of drug-likeness (QED) is 0.434. The van der Waals surface area contributed by atoms with Crippen LogP contribution in [0, 0.1) is 13.8 Å². The van der Waals surface area contributed by atoms with Crippen molar-refractivity contribution in [3.05, 3.63) is 41.5 Å². The van der Waals surface area contributed by atoms with Crippen LogP contribution in [-0.2, 0) is 6.54 Å². The summed E-state index contributed by atoms with van der Waals surface area (Å²) in [5.74, 6) is 2.10. The summed E-state index contributed by atoms with van der Waals surface area (Å²) in [5, 5.41) is 7.20. The topological polar surface area (TPSA) is 69.8 Å². The van der Waals surface area contributed by atoms with E-state index in [4.69, 9.17) is 4.52 Å². The average molecular weight is 456 g/mol. The van der Waals surface area contributed by atoms with Crippen LogP contribution in [0.5, 0.6) is 0 Å². The number of aryl methyl sites for hydroxylation is 2. The number of halogens is 1. The van der Waals surface area contributed by atoms with Gasteiger partial charge in [-0.1, -0.05) is 17.3 Å². The minimum Gasteiger partial charge on any atom is -0.368 e. The van der Waals surface area contributed by atoms with E-state index in [-0.39, 0.29) is 24.0 Å². The molecule has 1 fully saturated rings. The third-order valence-electron chi connectivity index (χ3n) is 4.13. The number of hydrogen-bond acceptors (Lipinski definition) is 5. The van der Waals surface area contributed by atoms with Crippen LogP contribution in [0.3, 0.4) is 0 Å². The van der Waals surface area contributed by atoms with Crippen molar-refractivity contribution in [1.29, 1.82) is 0 Å². The SMILES string of the molecule is CN=C(NCc1noc(C)n1)N1CCN(c2cccc(C)c2)CC1.I. The van der Waals surface area contributed by atoms with Crippen molar-refractivity contribution in [2.24, 2.45) is 4.99 Å². The van der Waals surface area contributed by atoms with E-state index in [1.54, 1.807) is 14.0 Å². The molecule has 0 radical (unpaired) electrons. The predicted octanol–water partition coefficient (Wildman–Crippen LogP) is 2.20. The van der Waals surface area contributed by atoms with Crippen LogP contribution >= 0.6 is 24.0 Å². The van der Waals surface area contributed by atoms with Crippen LogP contribution in [0.1, 0.15) is 17.3 Å². The highest BCUT2D eigenvalue weighted by molar-refractivity contribution is 14.0. The lowest BCUT2D eigenvalue weighted by atomic mass is 10.2. The van der Waals surface area contributed by atoms with Crippen molar-refractivity contribution in [1.82, 2.24) is 20.4 Å². The Morgan fingerprint density at radius 1 is 1.24 bits per heavy atom. The molecule has 136 valence electrons. The number of anilines is 1. The summed E-state index contributed by atoms with van der Waals surface area (Å²) in [6.45, 7) is 8.25. The molecule has 2 heterocycles. The first-order valence-electron chi connectivity index (χ1n) is 8.22. The molecule has 1 aliphatic rings.